The van der Waals surface area contributed by atoms with Crippen molar-refractivity contribution >= 4 is 16.7 Å². The maximum absolute atomic E-state index is 5.38. The highest BCUT2D eigenvalue weighted by Gasteiger charge is 2.27. The van der Waals surface area contributed by atoms with Gasteiger partial charge in [0, 0.05) is 37.1 Å². The van der Waals surface area contributed by atoms with E-state index in [-0.39, 0.29) is 6.04 Å². The van der Waals surface area contributed by atoms with Gasteiger partial charge in [-0.3, -0.25) is 4.90 Å². The van der Waals surface area contributed by atoms with E-state index in [1.807, 2.05) is 37.3 Å². The van der Waals surface area contributed by atoms with Gasteiger partial charge in [-0.1, -0.05) is 47.6 Å². The lowest BCUT2D eigenvalue weighted by Gasteiger charge is -2.37. The molecule has 1 saturated heterocycles. The van der Waals surface area contributed by atoms with Crippen molar-refractivity contribution in [2.45, 2.75) is 19.9 Å². The molecular weight excluding hydrogens is 376 g/mol. The summed E-state index contributed by atoms with van der Waals surface area (Å²) in [5.41, 5.74) is 2.00. The smallest absolute Gasteiger partial charge is 0.243 e. The van der Waals surface area contributed by atoms with Crippen molar-refractivity contribution in [1.82, 2.24) is 25.0 Å². The summed E-state index contributed by atoms with van der Waals surface area (Å²) in [5, 5.41) is 5.02. The van der Waals surface area contributed by atoms with Gasteiger partial charge in [-0.05, 0) is 26.0 Å². The second-order valence-electron chi connectivity index (χ2n) is 7.63. The summed E-state index contributed by atoms with van der Waals surface area (Å²) in [6.07, 6.45) is 0. The lowest BCUT2D eigenvalue weighted by Crippen LogP contribution is -2.47. The molecular formula is C23H24N6O. The summed E-state index contributed by atoms with van der Waals surface area (Å²) in [5.74, 6) is 3.12. The highest BCUT2D eigenvalue weighted by molar-refractivity contribution is 5.91. The van der Waals surface area contributed by atoms with Gasteiger partial charge in [0.15, 0.2) is 11.6 Å². The fraction of sp³-hybridized carbons (Fsp3) is 0.304. The average molecular weight is 400 g/mol. The van der Waals surface area contributed by atoms with Crippen molar-refractivity contribution in [2.24, 2.45) is 0 Å². The largest absolute Gasteiger partial charge is 0.353 e. The van der Waals surface area contributed by atoms with E-state index < -0.39 is 0 Å². The molecule has 0 spiro atoms. The Morgan fingerprint density at radius 2 is 1.60 bits per heavy atom. The third-order valence-corrected chi connectivity index (χ3v) is 5.68. The van der Waals surface area contributed by atoms with Crippen molar-refractivity contribution in [1.29, 1.82) is 0 Å². The van der Waals surface area contributed by atoms with Gasteiger partial charge in [0.2, 0.25) is 5.89 Å². The van der Waals surface area contributed by atoms with Crippen LogP contribution in [0.1, 0.15) is 24.7 Å². The van der Waals surface area contributed by atoms with Crippen LogP contribution < -0.4 is 4.90 Å². The number of piperazine rings is 1. The van der Waals surface area contributed by atoms with Crippen LogP contribution in [0.5, 0.6) is 0 Å². The number of hydrogen-bond acceptors (Lipinski definition) is 7. The third-order valence-electron chi connectivity index (χ3n) is 5.68. The Morgan fingerprint density at radius 3 is 2.33 bits per heavy atom. The normalized spacial score (nSPS) is 16.1. The van der Waals surface area contributed by atoms with E-state index in [0.29, 0.717) is 11.7 Å². The lowest BCUT2D eigenvalue weighted by molar-refractivity contribution is 0.164. The molecule has 1 atom stereocenters. The fourth-order valence-electron chi connectivity index (χ4n) is 3.98. The SMILES string of the molecule is Cc1noc(C(C)N2CCN(c3nc(-c4ccccc4)nc4ccccc34)CC2)n1. The van der Waals surface area contributed by atoms with E-state index in [2.05, 4.69) is 51.1 Å². The number of nitrogens with zero attached hydrogens (tertiary/aromatic N) is 6. The molecule has 5 rings (SSSR count). The van der Waals surface area contributed by atoms with Crippen LogP contribution in [0.4, 0.5) is 5.82 Å². The van der Waals surface area contributed by atoms with Gasteiger partial charge in [-0.25, -0.2) is 9.97 Å². The van der Waals surface area contributed by atoms with E-state index >= 15 is 0 Å². The Hall–Kier alpha value is -3.32. The maximum Gasteiger partial charge on any atom is 0.243 e. The second-order valence-corrected chi connectivity index (χ2v) is 7.63. The van der Waals surface area contributed by atoms with E-state index in [0.717, 1.165) is 54.3 Å². The van der Waals surface area contributed by atoms with E-state index in [1.165, 1.54) is 0 Å². The fourth-order valence-corrected chi connectivity index (χ4v) is 3.98. The number of fused-ring (bicyclic) bond motifs is 1. The molecule has 0 bridgehead atoms. The van der Waals surface area contributed by atoms with Gasteiger partial charge in [0.05, 0.1) is 11.6 Å². The first kappa shape index (κ1) is 18.7. The molecule has 7 heteroatoms. The predicted molar refractivity (Wildman–Crippen MR) is 116 cm³/mol. The predicted octanol–water partition coefficient (Wildman–Crippen LogP) is 3.87. The molecule has 1 unspecified atom stereocenters. The average Bonchev–Trinajstić information content (AvgIpc) is 3.25. The summed E-state index contributed by atoms with van der Waals surface area (Å²) < 4.78 is 5.38. The van der Waals surface area contributed by atoms with Gasteiger partial charge in [-0.15, -0.1) is 0 Å². The Labute approximate surface area is 175 Å². The van der Waals surface area contributed by atoms with E-state index in [1.54, 1.807) is 0 Å². The molecule has 7 nitrogen and oxygen atoms in total. The van der Waals surface area contributed by atoms with Gasteiger partial charge in [0.1, 0.15) is 5.82 Å². The molecule has 30 heavy (non-hydrogen) atoms. The minimum absolute atomic E-state index is 0.107. The van der Waals surface area contributed by atoms with Crippen molar-refractivity contribution in [3.05, 3.63) is 66.3 Å². The molecule has 0 N–H and O–H groups in total. The molecule has 1 fully saturated rings. The monoisotopic (exact) mass is 400 g/mol. The molecule has 3 heterocycles. The summed E-state index contributed by atoms with van der Waals surface area (Å²) in [6.45, 7) is 7.54. The van der Waals surface area contributed by atoms with Crippen molar-refractivity contribution < 1.29 is 4.52 Å². The minimum atomic E-state index is 0.107. The molecule has 152 valence electrons. The first-order chi connectivity index (χ1) is 14.7. The lowest BCUT2D eigenvalue weighted by atomic mass is 10.1. The molecule has 2 aromatic heterocycles. The molecule has 1 aliphatic heterocycles. The van der Waals surface area contributed by atoms with Crippen LogP contribution in [0.2, 0.25) is 0 Å². The quantitative estimate of drug-likeness (QED) is 0.515. The van der Waals surface area contributed by atoms with Crippen LogP contribution in [0.15, 0.2) is 59.1 Å². The van der Waals surface area contributed by atoms with Crippen molar-refractivity contribution in [3.8, 4) is 11.4 Å². The summed E-state index contributed by atoms with van der Waals surface area (Å²) in [4.78, 5) is 18.9. The molecule has 0 radical (unpaired) electrons. The minimum Gasteiger partial charge on any atom is -0.353 e. The second kappa shape index (κ2) is 7.84. The number of para-hydroxylation sites is 1. The van der Waals surface area contributed by atoms with Gasteiger partial charge in [0.25, 0.3) is 0 Å². The van der Waals surface area contributed by atoms with Crippen molar-refractivity contribution in [2.75, 3.05) is 31.1 Å². The highest BCUT2D eigenvalue weighted by Crippen LogP contribution is 2.29. The van der Waals surface area contributed by atoms with Gasteiger partial charge < -0.3 is 9.42 Å². The van der Waals surface area contributed by atoms with Crippen LogP contribution in [-0.2, 0) is 0 Å². The maximum atomic E-state index is 5.38. The number of aryl methyl sites for hydroxylation is 1. The van der Waals surface area contributed by atoms with E-state index in [9.17, 15) is 0 Å². The van der Waals surface area contributed by atoms with Crippen LogP contribution >= 0.6 is 0 Å². The van der Waals surface area contributed by atoms with Gasteiger partial charge in [-0.2, -0.15) is 4.98 Å². The topological polar surface area (TPSA) is 71.2 Å². The number of rotatable bonds is 4. The number of benzene rings is 2. The van der Waals surface area contributed by atoms with Crippen LogP contribution in [-0.4, -0.2) is 51.2 Å². The van der Waals surface area contributed by atoms with Crippen molar-refractivity contribution in [3.63, 3.8) is 0 Å². The Balaban J connectivity index is 1.42. The summed E-state index contributed by atoms with van der Waals surface area (Å²) >= 11 is 0. The van der Waals surface area contributed by atoms with E-state index in [4.69, 9.17) is 14.5 Å². The number of hydrogen-bond donors (Lipinski definition) is 0. The van der Waals surface area contributed by atoms with Crippen LogP contribution in [0, 0.1) is 6.92 Å². The van der Waals surface area contributed by atoms with Gasteiger partial charge >= 0.3 is 0 Å². The van der Waals surface area contributed by atoms with Crippen LogP contribution in [0.3, 0.4) is 0 Å². The summed E-state index contributed by atoms with van der Waals surface area (Å²) in [7, 11) is 0. The Bertz CT molecular complexity index is 1150. The third kappa shape index (κ3) is 3.52. The van der Waals surface area contributed by atoms with Crippen LogP contribution in [0.25, 0.3) is 22.3 Å². The first-order valence-corrected chi connectivity index (χ1v) is 10.3. The molecule has 0 amide bonds. The Morgan fingerprint density at radius 1 is 0.867 bits per heavy atom. The summed E-state index contributed by atoms with van der Waals surface area (Å²) in [6, 6.07) is 18.5. The Kier molecular flexibility index (Phi) is 4.88. The first-order valence-electron chi connectivity index (χ1n) is 10.3. The zero-order valence-corrected chi connectivity index (χ0v) is 17.2. The molecule has 4 aromatic rings. The molecule has 1 aliphatic rings. The highest BCUT2D eigenvalue weighted by atomic mass is 16.5. The zero-order valence-electron chi connectivity index (χ0n) is 17.2. The molecule has 2 aromatic carbocycles. The molecule has 0 saturated carbocycles. The standard InChI is InChI=1S/C23H24N6O/c1-16(23-24-17(2)27-30-23)28-12-14-29(15-13-28)22-19-10-6-7-11-20(19)25-21(26-22)18-8-4-3-5-9-18/h3-11,16H,12-15H2,1-2H3. The number of aromatic nitrogens is 4. The zero-order chi connectivity index (χ0) is 20.5. The molecule has 0 aliphatic carbocycles. The number of anilines is 1.